The molecule has 0 saturated heterocycles. The summed E-state index contributed by atoms with van der Waals surface area (Å²) >= 11 is 0. The first-order valence-electron chi connectivity index (χ1n) is 7.39. The minimum Gasteiger partial charge on any atom is -0.445 e. The van der Waals surface area contributed by atoms with Crippen LogP contribution in [-0.2, 0) is 30.5 Å². The number of carbonyl (C=O) groups is 3. The summed E-state index contributed by atoms with van der Waals surface area (Å²) in [5.74, 6) is 3.75. The van der Waals surface area contributed by atoms with Crippen LogP contribution in [0, 0.1) is 0 Å². The lowest BCUT2D eigenvalue weighted by Gasteiger charge is -2.25. The van der Waals surface area contributed by atoms with E-state index in [9.17, 15) is 19.2 Å². The Bertz CT molecular complexity index is 618. The molecule has 9 nitrogen and oxygen atoms in total. The average molecular weight is 350 g/mol. The van der Waals surface area contributed by atoms with Gasteiger partial charge in [-0.25, -0.2) is 20.4 Å². The van der Waals surface area contributed by atoms with Crippen molar-refractivity contribution in [1.29, 1.82) is 0 Å². The SMILES string of the molecule is CC(C)(O[C]=O)C(=O)N(N)C(=O)CCNC(=O)OCc1ccccc1. The largest absolute Gasteiger partial charge is 0.445 e. The Morgan fingerprint density at radius 3 is 2.48 bits per heavy atom. The Labute approximate surface area is 145 Å². The number of hydrogen-bond donors (Lipinski definition) is 2. The third-order valence-electron chi connectivity index (χ3n) is 3.12. The Morgan fingerprint density at radius 1 is 1.24 bits per heavy atom. The van der Waals surface area contributed by atoms with E-state index in [0.29, 0.717) is 5.01 Å². The van der Waals surface area contributed by atoms with Gasteiger partial charge >= 0.3 is 12.6 Å². The predicted molar refractivity (Wildman–Crippen MR) is 86.1 cm³/mol. The molecule has 0 atom stereocenters. The van der Waals surface area contributed by atoms with Crippen molar-refractivity contribution in [3.8, 4) is 0 Å². The normalized spacial score (nSPS) is 10.5. The van der Waals surface area contributed by atoms with Crippen molar-refractivity contribution in [3.05, 3.63) is 35.9 Å². The summed E-state index contributed by atoms with van der Waals surface area (Å²) in [6.45, 7) is 3.69. The van der Waals surface area contributed by atoms with E-state index in [0.717, 1.165) is 12.0 Å². The second-order valence-corrected chi connectivity index (χ2v) is 5.50. The molecular weight excluding hydrogens is 330 g/mol. The van der Waals surface area contributed by atoms with Crippen LogP contribution in [0.2, 0.25) is 0 Å². The number of carbonyl (C=O) groups excluding carboxylic acids is 4. The molecule has 1 aromatic carbocycles. The van der Waals surface area contributed by atoms with Gasteiger partial charge in [0.2, 0.25) is 5.91 Å². The molecule has 0 heterocycles. The van der Waals surface area contributed by atoms with Crippen LogP contribution in [0.3, 0.4) is 0 Å². The highest BCUT2D eigenvalue weighted by Crippen LogP contribution is 2.11. The molecule has 0 aliphatic rings. The van der Waals surface area contributed by atoms with Gasteiger partial charge in [0.05, 0.1) is 0 Å². The van der Waals surface area contributed by atoms with Gasteiger partial charge < -0.3 is 14.8 Å². The first-order chi connectivity index (χ1) is 11.8. The van der Waals surface area contributed by atoms with Crippen LogP contribution in [0.5, 0.6) is 0 Å². The van der Waals surface area contributed by atoms with Gasteiger partial charge in [-0.3, -0.25) is 9.59 Å². The molecule has 0 aliphatic carbocycles. The van der Waals surface area contributed by atoms with Gasteiger partial charge in [-0.1, -0.05) is 30.3 Å². The van der Waals surface area contributed by atoms with Crippen LogP contribution in [-0.4, -0.2) is 41.5 Å². The minimum atomic E-state index is -1.62. The van der Waals surface area contributed by atoms with Gasteiger partial charge in [0.1, 0.15) is 6.61 Å². The lowest BCUT2D eigenvalue weighted by atomic mass is 10.1. The minimum absolute atomic E-state index is 0.0749. The summed E-state index contributed by atoms with van der Waals surface area (Å²) in [7, 11) is 0. The van der Waals surface area contributed by atoms with Crippen molar-refractivity contribution in [1.82, 2.24) is 10.3 Å². The smallest absolute Gasteiger partial charge is 0.418 e. The van der Waals surface area contributed by atoms with E-state index >= 15 is 0 Å². The van der Waals surface area contributed by atoms with Crippen LogP contribution in [0.15, 0.2) is 30.3 Å². The van der Waals surface area contributed by atoms with Crippen molar-refractivity contribution in [2.45, 2.75) is 32.5 Å². The summed E-state index contributed by atoms with van der Waals surface area (Å²) < 4.78 is 9.43. The zero-order chi connectivity index (χ0) is 18.9. The Kier molecular flexibility index (Phi) is 7.54. The number of amides is 3. The van der Waals surface area contributed by atoms with E-state index in [4.69, 9.17) is 10.6 Å². The van der Waals surface area contributed by atoms with E-state index in [1.807, 2.05) is 18.2 Å². The first kappa shape index (κ1) is 20.1. The second-order valence-electron chi connectivity index (χ2n) is 5.50. The Hall–Kier alpha value is -2.94. The van der Waals surface area contributed by atoms with Gasteiger partial charge in [-0.05, 0) is 19.4 Å². The highest BCUT2D eigenvalue weighted by Gasteiger charge is 2.35. The molecule has 0 saturated carbocycles. The van der Waals surface area contributed by atoms with Gasteiger partial charge in [-0.15, -0.1) is 0 Å². The first-order valence-corrected chi connectivity index (χ1v) is 7.39. The summed E-state index contributed by atoms with van der Waals surface area (Å²) in [5, 5.41) is 2.71. The molecular formula is C16H20N3O6. The fraction of sp³-hybridized carbons (Fsp3) is 0.375. The van der Waals surface area contributed by atoms with Crippen LogP contribution in [0.25, 0.3) is 0 Å². The highest BCUT2D eigenvalue weighted by molar-refractivity contribution is 5.98. The van der Waals surface area contributed by atoms with Crippen molar-refractivity contribution >= 4 is 24.4 Å². The molecule has 9 heteroatoms. The molecule has 25 heavy (non-hydrogen) atoms. The lowest BCUT2D eigenvalue weighted by molar-refractivity contribution is -0.155. The molecule has 135 valence electrons. The van der Waals surface area contributed by atoms with E-state index in [2.05, 4.69) is 10.1 Å². The fourth-order valence-corrected chi connectivity index (χ4v) is 1.72. The molecule has 0 bridgehead atoms. The molecule has 0 aromatic heterocycles. The van der Waals surface area contributed by atoms with Crippen molar-refractivity contribution < 1.29 is 28.7 Å². The molecule has 1 radical (unpaired) electrons. The quantitative estimate of drug-likeness (QED) is 0.394. The van der Waals surface area contributed by atoms with Crippen molar-refractivity contribution in [3.63, 3.8) is 0 Å². The summed E-state index contributed by atoms with van der Waals surface area (Å²) in [5.41, 5.74) is -0.796. The molecule has 0 spiro atoms. The maximum Gasteiger partial charge on any atom is 0.418 e. The van der Waals surface area contributed by atoms with Crippen molar-refractivity contribution in [2.75, 3.05) is 6.54 Å². The second kappa shape index (κ2) is 9.38. The Balaban J connectivity index is 2.34. The van der Waals surface area contributed by atoms with E-state index in [-0.39, 0.29) is 19.6 Å². The molecule has 3 amide bonds. The maximum absolute atomic E-state index is 11.9. The molecule has 1 rings (SSSR count). The van der Waals surface area contributed by atoms with Crippen LogP contribution in [0.4, 0.5) is 4.79 Å². The van der Waals surface area contributed by atoms with Crippen molar-refractivity contribution in [2.24, 2.45) is 5.84 Å². The van der Waals surface area contributed by atoms with E-state index < -0.39 is 23.5 Å². The lowest BCUT2D eigenvalue weighted by Crippen LogP contribution is -2.53. The maximum atomic E-state index is 11.9. The number of nitrogens with zero attached hydrogens (tertiary/aromatic N) is 1. The van der Waals surface area contributed by atoms with E-state index in [1.54, 1.807) is 12.1 Å². The van der Waals surface area contributed by atoms with Gasteiger partial charge in [0, 0.05) is 13.0 Å². The number of hydrazine groups is 1. The van der Waals surface area contributed by atoms with Gasteiger partial charge in [-0.2, -0.15) is 0 Å². The Morgan fingerprint density at radius 2 is 1.88 bits per heavy atom. The topological polar surface area (TPSA) is 128 Å². The number of nitrogens with one attached hydrogen (secondary N) is 1. The predicted octanol–water partition coefficient (Wildman–Crippen LogP) is 0.394. The molecule has 0 aliphatic heterocycles. The van der Waals surface area contributed by atoms with E-state index in [1.165, 1.54) is 13.8 Å². The molecule has 0 unspecified atom stereocenters. The number of alkyl carbamates (subject to hydrolysis) is 1. The molecule has 0 fully saturated rings. The van der Waals surface area contributed by atoms with Gasteiger partial charge in [0.15, 0.2) is 5.60 Å². The zero-order valence-electron chi connectivity index (χ0n) is 14.0. The zero-order valence-corrected chi connectivity index (χ0v) is 14.0. The highest BCUT2D eigenvalue weighted by atomic mass is 16.5. The van der Waals surface area contributed by atoms with Crippen LogP contribution < -0.4 is 11.2 Å². The monoisotopic (exact) mass is 350 g/mol. The summed E-state index contributed by atoms with van der Waals surface area (Å²) in [6, 6.07) is 9.07. The molecule has 1 aromatic rings. The average Bonchev–Trinajstić information content (AvgIpc) is 2.59. The third kappa shape index (κ3) is 6.60. The fourth-order valence-electron chi connectivity index (χ4n) is 1.72. The number of nitrogens with two attached hydrogens (primary N) is 1. The third-order valence-corrected chi connectivity index (χ3v) is 3.12. The van der Waals surface area contributed by atoms with Gasteiger partial charge in [0.25, 0.3) is 5.91 Å². The number of benzene rings is 1. The summed E-state index contributed by atoms with van der Waals surface area (Å²) in [6.07, 6.45) is -0.936. The standard InChI is InChI=1S/C16H20N3O6/c1-16(2,25-11-20)14(22)19(17)13(21)8-9-18-15(23)24-10-12-6-4-3-5-7-12/h3-7H,8-10,17H2,1-2H3,(H,18,23). The van der Waals surface area contributed by atoms with Crippen LogP contribution >= 0.6 is 0 Å². The number of hydrogen-bond acceptors (Lipinski definition) is 7. The summed E-state index contributed by atoms with van der Waals surface area (Å²) in [4.78, 5) is 45.5. The number of rotatable bonds is 8. The number of imide groups is 1. The molecule has 3 N–H and O–H groups in total. The number of ether oxygens (including phenoxy) is 2. The van der Waals surface area contributed by atoms with Crippen LogP contribution in [0.1, 0.15) is 25.8 Å².